The third-order valence-electron chi connectivity index (χ3n) is 5.02. The number of carboxylic acids is 1. The van der Waals surface area contributed by atoms with Crippen molar-refractivity contribution in [1.29, 1.82) is 0 Å². The molecule has 32 heavy (non-hydrogen) atoms. The first-order valence-electron chi connectivity index (χ1n) is 10.3. The highest BCUT2D eigenvalue weighted by molar-refractivity contribution is 6.08. The number of fused-ring (bicyclic) bond motifs is 1. The maximum absolute atomic E-state index is 12.8. The van der Waals surface area contributed by atoms with Crippen molar-refractivity contribution in [3.8, 4) is 0 Å². The van der Waals surface area contributed by atoms with Gasteiger partial charge < -0.3 is 25.6 Å². The standard InChI is InChI=1S/C23H28N6O3/c1-15-13-16(2)29-12-10-19(22(29)26-15)23(32)27-18-8-6-17(7-9-18)20(24)14-28(25)11-4-3-5-21(30)31/h6-10,12-14H,3-5,11,24-25H2,1-2H3,(H,27,32)(H,30,31)/b20-14-. The first-order chi connectivity index (χ1) is 15.2. The number of aryl methyl sites for hydroxylation is 2. The van der Waals surface area contributed by atoms with E-state index in [1.165, 1.54) is 5.01 Å². The summed E-state index contributed by atoms with van der Waals surface area (Å²) < 4.78 is 1.89. The summed E-state index contributed by atoms with van der Waals surface area (Å²) in [5.74, 6) is 4.85. The maximum atomic E-state index is 12.8. The van der Waals surface area contributed by atoms with Crippen LogP contribution in [0.15, 0.2) is 48.8 Å². The van der Waals surface area contributed by atoms with Gasteiger partial charge in [0.2, 0.25) is 0 Å². The minimum absolute atomic E-state index is 0.120. The van der Waals surface area contributed by atoms with Gasteiger partial charge in [0.25, 0.3) is 5.91 Å². The van der Waals surface area contributed by atoms with Gasteiger partial charge in [-0.2, -0.15) is 0 Å². The number of nitrogens with zero attached hydrogens (tertiary/aromatic N) is 3. The van der Waals surface area contributed by atoms with Crippen LogP contribution in [0, 0.1) is 13.8 Å². The molecule has 2 aromatic heterocycles. The fraction of sp³-hybridized carbons (Fsp3) is 0.261. The summed E-state index contributed by atoms with van der Waals surface area (Å²) in [5, 5.41) is 13.0. The number of nitrogens with one attached hydrogen (secondary N) is 1. The summed E-state index contributed by atoms with van der Waals surface area (Å²) in [6.45, 7) is 4.37. The van der Waals surface area contributed by atoms with Crippen molar-refractivity contribution in [1.82, 2.24) is 14.4 Å². The Morgan fingerprint density at radius 2 is 1.91 bits per heavy atom. The number of nitrogens with two attached hydrogens (primary N) is 2. The second-order valence-corrected chi connectivity index (χ2v) is 7.67. The molecule has 3 aromatic rings. The third-order valence-corrected chi connectivity index (χ3v) is 5.02. The number of aliphatic carboxylic acids is 1. The molecule has 0 spiro atoms. The number of amides is 1. The van der Waals surface area contributed by atoms with E-state index in [-0.39, 0.29) is 12.3 Å². The van der Waals surface area contributed by atoms with E-state index in [0.29, 0.717) is 42.0 Å². The van der Waals surface area contributed by atoms with Crippen molar-refractivity contribution in [2.24, 2.45) is 11.6 Å². The number of anilines is 1. The van der Waals surface area contributed by atoms with Crippen molar-refractivity contribution in [3.05, 3.63) is 71.3 Å². The molecular formula is C23H28N6O3. The van der Waals surface area contributed by atoms with Crippen LogP contribution in [-0.2, 0) is 4.79 Å². The van der Waals surface area contributed by atoms with Crippen LogP contribution < -0.4 is 16.9 Å². The monoisotopic (exact) mass is 436 g/mol. The molecule has 1 aromatic carbocycles. The van der Waals surface area contributed by atoms with Crippen LogP contribution in [0.2, 0.25) is 0 Å². The van der Waals surface area contributed by atoms with Gasteiger partial charge in [0, 0.05) is 42.4 Å². The number of rotatable bonds is 9. The number of carboxylic acid groups (broad SMARTS) is 1. The van der Waals surface area contributed by atoms with Crippen LogP contribution in [0.3, 0.4) is 0 Å². The lowest BCUT2D eigenvalue weighted by Gasteiger charge is -2.15. The molecule has 3 rings (SSSR count). The number of hydrogen-bond acceptors (Lipinski definition) is 6. The lowest BCUT2D eigenvalue weighted by atomic mass is 10.1. The SMILES string of the molecule is Cc1cc(C)n2ccc(C(=O)Nc3ccc(/C(N)=C/N(N)CCCCC(=O)O)cc3)c2n1. The lowest BCUT2D eigenvalue weighted by molar-refractivity contribution is -0.137. The molecule has 0 radical (unpaired) electrons. The predicted octanol–water partition coefficient (Wildman–Crippen LogP) is 2.89. The van der Waals surface area contributed by atoms with E-state index >= 15 is 0 Å². The van der Waals surface area contributed by atoms with E-state index in [1.807, 2.05) is 30.5 Å². The van der Waals surface area contributed by atoms with Gasteiger partial charge in [0.05, 0.1) is 11.3 Å². The molecule has 0 atom stereocenters. The summed E-state index contributed by atoms with van der Waals surface area (Å²) in [4.78, 5) is 27.8. The van der Waals surface area contributed by atoms with Crippen LogP contribution >= 0.6 is 0 Å². The Kier molecular flexibility index (Phi) is 7.11. The van der Waals surface area contributed by atoms with Gasteiger partial charge in [-0.05, 0) is 56.5 Å². The summed E-state index contributed by atoms with van der Waals surface area (Å²) in [6.07, 6.45) is 4.77. The number of benzene rings is 1. The van der Waals surface area contributed by atoms with Gasteiger partial charge in [-0.1, -0.05) is 12.1 Å². The molecule has 0 aliphatic carbocycles. The van der Waals surface area contributed by atoms with Crippen LogP contribution in [-0.4, -0.2) is 37.9 Å². The van der Waals surface area contributed by atoms with Crippen molar-refractivity contribution in [2.45, 2.75) is 33.1 Å². The molecule has 168 valence electrons. The summed E-state index contributed by atoms with van der Waals surface area (Å²) in [7, 11) is 0. The molecule has 6 N–H and O–H groups in total. The van der Waals surface area contributed by atoms with Crippen LogP contribution in [0.1, 0.15) is 46.6 Å². The quantitative estimate of drug-likeness (QED) is 0.230. The Labute approximate surface area is 186 Å². The molecule has 2 heterocycles. The average Bonchev–Trinajstić information content (AvgIpc) is 3.16. The fourth-order valence-corrected chi connectivity index (χ4v) is 3.40. The first kappa shape index (κ1) is 22.8. The zero-order valence-corrected chi connectivity index (χ0v) is 18.2. The molecule has 0 aliphatic heterocycles. The van der Waals surface area contributed by atoms with E-state index in [4.69, 9.17) is 16.7 Å². The van der Waals surface area contributed by atoms with Gasteiger partial charge >= 0.3 is 5.97 Å². The van der Waals surface area contributed by atoms with Gasteiger partial charge in [0.15, 0.2) is 0 Å². The number of carbonyl (C=O) groups is 2. The zero-order valence-electron chi connectivity index (χ0n) is 18.2. The van der Waals surface area contributed by atoms with Crippen molar-refractivity contribution >= 4 is 28.9 Å². The molecule has 0 bridgehead atoms. The number of carbonyl (C=O) groups excluding carboxylic acids is 1. The number of hydrazine groups is 1. The Balaban J connectivity index is 1.63. The Bertz CT molecular complexity index is 1150. The van der Waals surface area contributed by atoms with Gasteiger partial charge in [0.1, 0.15) is 5.65 Å². The van der Waals surface area contributed by atoms with E-state index in [9.17, 15) is 9.59 Å². The van der Waals surface area contributed by atoms with Crippen LogP contribution in [0.4, 0.5) is 5.69 Å². The van der Waals surface area contributed by atoms with E-state index < -0.39 is 5.97 Å². The zero-order chi connectivity index (χ0) is 23.3. The van der Waals surface area contributed by atoms with Crippen LogP contribution in [0.25, 0.3) is 11.3 Å². The predicted molar refractivity (Wildman–Crippen MR) is 124 cm³/mol. The van der Waals surface area contributed by atoms with Crippen molar-refractivity contribution in [2.75, 3.05) is 11.9 Å². The largest absolute Gasteiger partial charge is 0.481 e. The van der Waals surface area contributed by atoms with Gasteiger partial charge in [-0.25, -0.2) is 10.8 Å². The minimum Gasteiger partial charge on any atom is -0.481 e. The van der Waals surface area contributed by atoms with E-state index in [2.05, 4.69) is 10.3 Å². The fourth-order valence-electron chi connectivity index (χ4n) is 3.40. The lowest BCUT2D eigenvalue weighted by Crippen LogP contribution is -2.27. The van der Waals surface area contributed by atoms with Crippen molar-refractivity contribution < 1.29 is 14.7 Å². The molecule has 0 saturated heterocycles. The summed E-state index contributed by atoms with van der Waals surface area (Å²) >= 11 is 0. The van der Waals surface area contributed by atoms with Gasteiger partial charge in [-0.15, -0.1) is 0 Å². The topological polar surface area (TPSA) is 139 Å². The first-order valence-corrected chi connectivity index (χ1v) is 10.3. The highest BCUT2D eigenvalue weighted by Crippen LogP contribution is 2.18. The molecular weight excluding hydrogens is 408 g/mol. The highest BCUT2D eigenvalue weighted by Gasteiger charge is 2.14. The number of hydrogen-bond donors (Lipinski definition) is 4. The molecule has 0 saturated carbocycles. The second-order valence-electron chi connectivity index (χ2n) is 7.67. The van der Waals surface area contributed by atoms with E-state index in [0.717, 1.165) is 17.0 Å². The normalized spacial score (nSPS) is 11.5. The van der Waals surface area contributed by atoms with E-state index in [1.54, 1.807) is 36.5 Å². The molecule has 1 amide bonds. The Morgan fingerprint density at radius 3 is 2.59 bits per heavy atom. The Hall–Kier alpha value is -3.85. The smallest absolute Gasteiger partial charge is 0.303 e. The summed E-state index contributed by atoms with van der Waals surface area (Å²) in [6, 6.07) is 10.8. The molecule has 0 aliphatic rings. The highest BCUT2D eigenvalue weighted by atomic mass is 16.4. The third kappa shape index (κ3) is 5.64. The van der Waals surface area contributed by atoms with Crippen molar-refractivity contribution in [3.63, 3.8) is 0 Å². The second kappa shape index (κ2) is 9.97. The maximum Gasteiger partial charge on any atom is 0.303 e. The molecule has 9 nitrogen and oxygen atoms in total. The van der Waals surface area contributed by atoms with Crippen LogP contribution in [0.5, 0.6) is 0 Å². The minimum atomic E-state index is -0.817. The summed E-state index contributed by atoms with van der Waals surface area (Å²) in [5.41, 5.74) is 11.0. The van der Waals surface area contributed by atoms with Gasteiger partial charge in [-0.3, -0.25) is 9.59 Å². The molecule has 9 heteroatoms. The molecule has 0 fully saturated rings. The Morgan fingerprint density at radius 1 is 1.19 bits per heavy atom. The number of aromatic nitrogens is 2. The molecule has 0 unspecified atom stereocenters. The average molecular weight is 437 g/mol. The number of unbranched alkanes of at least 4 members (excludes halogenated alkanes) is 1.